The van der Waals surface area contributed by atoms with Crippen molar-refractivity contribution in [3.05, 3.63) is 35.9 Å². The third-order valence-corrected chi connectivity index (χ3v) is 3.45. The van der Waals surface area contributed by atoms with Crippen LogP contribution in [0, 0.1) is 5.92 Å². The van der Waals surface area contributed by atoms with Crippen LogP contribution in [0.15, 0.2) is 30.3 Å². The Morgan fingerprint density at radius 1 is 1.23 bits per heavy atom. The predicted octanol–water partition coefficient (Wildman–Crippen LogP) is 2.13. The van der Waals surface area contributed by atoms with Crippen molar-refractivity contribution in [3.8, 4) is 0 Å². The fourth-order valence-electron chi connectivity index (χ4n) is 2.06. The summed E-state index contributed by atoms with van der Waals surface area (Å²) in [7, 11) is 0. The Hall–Kier alpha value is -2.37. The minimum atomic E-state index is -1.24. The zero-order valence-electron chi connectivity index (χ0n) is 12.2. The number of alkyl carbamates (subject to hydrolysis) is 1. The van der Waals surface area contributed by atoms with Crippen molar-refractivity contribution in [2.75, 3.05) is 0 Å². The Bertz CT molecular complexity index is 539. The van der Waals surface area contributed by atoms with Gasteiger partial charge in [0, 0.05) is 12.8 Å². The van der Waals surface area contributed by atoms with Crippen LogP contribution in [0.25, 0.3) is 0 Å². The lowest BCUT2D eigenvalue weighted by molar-refractivity contribution is -0.141. The van der Waals surface area contributed by atoms with Gasteiger partial charge in [-0.3, -0.25) is 4.79 Å². The summed E-state index contributed by atoms with van der Waals surface area (Å²) in [5, 5.41) is 11.3. The Kier molecular flexibility index (Phi) is 5.52. The van der Waals surface area contributed by atoms with E-state index in [1.54, 1.807) is 12.1 Å². The molecule has 1 aromatic carbocycles. The first-order chi connectivity index (χ1) is 10.5. The van der Waals surface area contributed by atoms with Gasteiger partial charge in [0.1, 0.15) is 18.4 Å². The number of ether oxygens (including phenoxy) is 1. The first-order valence-corrected chi connectivity index (χ1v) is 7.26. The SMILES string of the molecule is O=C(CC1CC1)CC(NC(=O)OCc1ccccc1)C(=O)O. The van der Waals surface area contributed by atoms with Crippen molar-refractivity contribution in [3.63, 3.8) is 0 Å². The van der Waals surface area contributed by atoms with Gasteiger partial charge in [0.15, 0.2) is 0 Å². The minimum Gasteiger partial charge on any atom is -0.480 e. The summed E-state index contributed by atoms with van der Waals surface area (Å²) >= 11 is 0. The van der Waals surface area contributed by atoms with Crippen molar-refractivity contribution in [1.29, 1.82) is 0 Å². The van der Waals surface area contributed by atoms with Crippen LogP contribution in [-0.2, 0) is 20.9 Å². The fourth-order valence-corrected chi connectivity index (χ4v) is 2.06. The second kappa shape index (κ2) is 7.59. The largest absolute Gasteiger partial charge is 0.480 e. The number of nitrogens with one attached hydrogen (secondary N) is 1. The molecule has 2 N–H and O–H groups in total. The number of amides is 1. The van der Waals surface area contributed by atoms with Crippen LogP contribution in [0.2, 0.25) is 0 Å². The highest BCUT2D eigenvalue weighted by Crippen LogP contribution is 2.32. The van der Waals surface area contributed by atoms with E-state index in [0.29, 0.717) is 12.3 Å². The number of benzene rings is 1. The van der Waals surface area contributed by atoms with E-state index < -0.39 is 18.1 Å². The van der Waals surface area contributed by atoms with Crippen LogP contribution < -0.4 is 5.32 Å². The van der Waals surface area contributed by atoms with E-state index in [1.165, 1.54) is 0 Å². The third kappa shape index (κ3) is 5.55. The molecule has 118 valence electrons. The quantitative estimate of drug-likeness (QED) is 0.767. The Labute approximate surface area is 128 Å². The van der Waals surface area contributed by atoms with Gasteiger partial charge in [0.2, 0.25) is 0 Å². The molecule has 1 saturated carbocycles. The molecule has 0 heterocycles. The smallest absolute Gasteiger partial charge is 0.408 e. The lowest BCUT2D eigenvalue weighted by Gasteiger charge is -2.14. The summed E-state index contributed by atoms with van der Waals surface area (Å²) in [5.74, 6) is -0.981. The summed E-state index contributed by atoms with van der Waals surface area (Å²) in [6, 6.07) is 7.81. The molecule has 22 heavy (non-hydrogen) atoms. The molecule has 0 bridgehead atoms. The molecule has 0 radical (unpaired) electrons. The molecule has 1 aromatic rings. The second-order valence-electron chi connectivity index (χ2n) is 5.49. The topological polar surface area (TPSA) is 92.7 Å². The van der Waals surface area contributed by atoms with E-state index in [4.69, 9.17) is 9.84 Å². The number of aliphatic carboxylic acids is 1. The van der Waals surface area contributed by atoms with Crippen LogP contribution in [0.4, 0.5) is 4.79 Å². The summed E-state index contributed by atoms with van der Waals surface area (Å²) in [4.78, 5) is 34.5. The van der Waals surface area contributed by atoms with Gasteiger partial charge in [-0.05, 0) is 24.3 Å². The normalized spacial score (nSPS) is 14.9. The zero-order chi connectivity index (χ0) is 15.9. The van der Waals surface area contributed by atoms with Crippen molar-refractivity contribution in [1.82, 2.24) is 5.32 Å². The van der Waals surface area contributed by atoms with E-state index >= 15 is 0 Å². The molecule has 0 spiro atoms. The number of carbonyl (C=O) groups is 3. The number of Topliss-reactive ketones (excluding diaryl/α,β-unsaturated/α-hetero) is 1. The number of rotatable bonds is 8. The summed E-state index contributed by atoms with van der Waals surface area (Å²) < 4.78 is 4.96. The minimum absolute atomic E-state index is 0.0506. The monoisotopic (exact) mass is 305 g/mol. The Balaban J connectivity index is 1.77. The number of hydrogen-bond donors (Lipinski definition) is 2. The van der Waals surface area contributed by atoms with Gasteiger partial charge >= 0.3 is 12.1 Å². The molecular formula is C16H19NO5. The highest BCUT2D eigenvalue weighted by molar-refractivity contribution is 5.88. The molecule has 6 nitrogen and oxygen atoms in total. The maximum absolute atomic E-state index is 11.7. The second-order valence-corrected chi connectivity index (χ2v) is 5.49. The van der Waals surface area contributed by atoms with E-state index in [0.717, 1.165) is 18.4 Å². The molecule has 1 unspecified atom stereocenters. The van der Waals surface area contributed by atoms with Gasteiger partial charge in [-0.1, -0.05) is 30.3 Å². The lowest BCUT2D eigenvalue weighted by atomic mass is 10.1. The molecule has 0 saturated heterocycles. The van der Waals surface area contributed by atoms with E-state index in [1.807, 2.05) is 18.2 Å². The van der Waals surface area contributed by atoms with E-state index in [2.05, 4.69) is 5.32 Å². The fraction of sp³-hybridized carbons (Fsp3) is 0.438. The standard InChI is InChI=1S/C16H19NO5/c18-13(8-11-6-7-11)9-14(15(19)20)17-16(21)22-10-12-4-2-1-3-5-12/h1-5,11,14H,6-10H2,(H,17,21)(H,19,20). The summed E-state index contributed by atoms with van der Waals surface area (Å²) in [5.41, 5.74) is 0.800. The van der Waals surface area contributed by atoms with Crippen LogP contribution in [0.3, 0.4) is 0 Å². The van der Waals surface area contributed by atoms with Crippen LogP contribution in [0.5, 0.6) is 0 Å². The first kappa shape index (κ1) is 16.0. The van der Waals surface area contributed by atoms with E-state index in [-0.39, 0.29) is 18.8 Å². The van der Waals surface area contributed by atoms with Gasteiger partial charge in [-0.15, -0.1) is 0 Å². The molecule has 6 heteroatoms. The van der Waals surface area contributed by atoms with Gasteiger partial charge < -0.3 is 15.2 Å². The van der Waals surface area contributed by atoms with Gasteiger partial charge in [0.25, 0.3) is 0 Å². The highest BCUT2D eigenvalue weighted by atomic mass is 16.5. The Morgan fingerprint density at radius 3 is 2.50 bits per heavy atom. The number of ketones is 1. The average Bonchev–Trinajstić information content (AvgIpc) is 3.29. The highest BCUT2D eigenvalue weighted by Gasteiger charge is 2.28. The summed E-state index contributed by atoms with van der Waals surface area (Å²) in [6.45, 7) is 0.0506. The first-order valence-electron chi connectivity index (χ1n) is 7.26. The molecule has 1 atom stereocenters. The number of carboxylic acid groups (broad SMARTS) is 1. The molecule has 1 aliphatic rings. The molecule has 0 aromatic heterocycles. The molecular weight excluding hydrogens is 286 g/mol. The van der Waals surface area contributed by atoms with Crippen LogP contribution >= 0.6 is 0 Å². The zero-order valence-corrected chi connectivity index (χ0v) is 12.2. The molecule has 1 aliphatic carbocycles. The van der Waals surface area contributed by atoms with Gasteiger partial charge in [0.05, 0.1) is 0 Å². The van der Waals surface area contributed by atoms with E-state index in [9.17, 15) is 14.4 Å². The lowest BCUT2D eigenvalue weighted by Crippen LogP contribution is -2.42. The number of hydrogen-bond acceptors (Lipinski definition) is 4. The molecule has 2 rings (SSSR count). The van der Waals surface area contributed by atoms with Crippen LogP contribution in [-0.4, -0.2) is 29.0 Å². The maximum Gasteiger partial charge on any atom is 0.408 e. The van der Waals surface area contributed by atoms with Crippen molar-refractivity contribution in [2.45, 2.75) is 38.3 Å². The molecule has 1 amide bonds. The molecule has 0 aliphatic heterocycles. The molecule has 1 fully saturated rings. The van der Waals surface area contributed by atoms with Crippen molar-refractivity contribution < 1.29 is 24.2 Å². The van der Waals surface area contributed by atoms with Gasteiger partial charge in [-0.25, -0.2) is 9.59 Å². The summed E-state index contributed by atoms with van der Waals surface area (Å²) in [6.07, 6.45) is 1.40. The third-order valence-electron chi connectivity index (χ3n) is 3.45. The Morgan fingerprint density at radius 2 is 1.91 bits per heavy atom. The maximum atomic E-state index is 11.7. The number of carboxylic acids is 1. The average molecular weight is 305 g/mol. The predicted molar refractivity (Wildman–Crippen MR) is 78.2 cm³/mol. The van der Waals surface area contributed by atoms with Crippen molar-refractivity contribution >= 4 is 17.8 Å². The number of carbonyl (C=O) groups excluding carboxylic acids is 2. The van der Waals surface area contributed by atoms with Crippen molar-refractivity contribution in [2.24, 2.45) is 5.92 Å². The van der Waals surface area contributed by atoms with Crippen LogP contribution in [0.1, 0.15) is 31.2 Å². The van der Waals surface area contributed by atoms with Gasteiger partial charge in [-0.2, -0.15) is 0 Å².